The van der Waals surface area contributed by atoms with Crippen molar-refractivity contribution in [3.05, 3.63) is 78.0 Å². The maximum absolute atomic E-state index is 12.3. The van der Waals surface area contributed by atoms with Crippen molar-refractivity contribution in [2.45, 2.75) is 19.9 Å². The average Bonchev–Trinajstić information content (AvgIpc) is 3.25. The first-order valence-electron chi connectivity index (χ1n) is 10.3. The van der Waals surface area contributed by atoms with Crippen LogP contribution in [0.25, 0.3) is 23.4 Å². The number of phenols is 1. The zero-order valence-electron chi connectivity index (χ0n) is 18.0. The molecule has 2 aromatic carbocycles. The van der Waals surface area contributed by atoms with E-state index in [1.54, 1.807) is 31.2 Å². The minimum absolute atomic E-state index is 0.0813. The van der Waals surface area contributed by atoms with Crippen LogP contribution in [0.5, 0.6) is 5.75 Å². The van der Waals surface area contributed by atoms with Gasteiger partial charge in [-0.15, -0.1) is 5.10 Å². The van der Waals surface area contributed by atoms with E-state index in [2.05, 4.69) is 10.3 Å². The summed E-state index contributed by atoms with van der Waals surface area (Å²) < 4.78 is 6.41. The fourth-order valence-electron chi connectivity index (χ4n) is 3.03. The number of esters is 1. The van der Waals surface area contributed by atoms with Crippen molar-refractivity contribution in [1.29, 1.82) is 0 Å². The molecule has 3 rings (SSSR count). The predicted octanol–water partition coefficient (Wildman–Crippen LogP) is 3.47. The molecule has 0 aliphatic rings. The Balaban J connectivity index is 1.68. The number of nitrogens with zero attached hydrogens (tertiary/aromatic N) is 3. The molecule has 0 bridgehead atoms. The normalized spacial score (nSPS) is 11.2. The van der Waals surface area contributed by atoms with Gasteiger partial charge in [0.05, 0.1) is 24.9 Å². The average molecular weight is 445 g/mol. The Morgan fingerprint density at radius 1 is 1.00 bits per heavy atom. The number of benzene rings is 2. The molecule has 0 spiro atoms. The van der Waals surface area contributed by atoms with E-state index in [-0.39, 0.29) is 36.9 Å². The summed E-state index contributed by atoms with van der Waals surface area (Å²) in [6.45, 7) is 1.92. The quantitative estimate of drug-likeness (QED) is 0.289. The Morgan fingerprint density at radius 2 is 1.70 bits per heavy atom. The minimum Gasteiger partial charge on any atom is -0.508 e. The van der Waals surface area contributed by atoms with Crippen LogP contribution in [-0.4, -0.2) is 44.2 Å². The molecule has 0 fully saturated rings. The molecule has 168 valence electrons. The number of carbonyl (C=O) groups is 3. The second-order valence-electron chi connectivity index (χ2n) is 7.04. The topological polar surface area (TPSA) is 111 Å². The summed E-state index contributed by atoms with van der Waals surface area (Å²) in [5.74, 6) is -0.962. The maximum atomic E-state index is 12.3. The number of aromatic nitrogens is 3. The number of rotatable bonds is 10. The fraction of sp³-hybridized carbons (Fsp3) is 0.160. The summed E-state index contributed by atoms with van der Waals surface area (Å²) in [4.78, 5) is 36.2. The van der Waals surface area contributed by atoms with Crippen LogP contribution in [0.4, 0.5) is 0 Å². The van der Waals surface area contributed by atoms with Gasteiger partial charge in [-0.1, -0.05) is 53.8 Å². The molecule has 1 aromatic heterocycles. The lowest BCUT2D eigenvalue weighted by Crippen LogP contribution is -2.15. The Morgan fingerprint density at radius 3 is 2.42 bits per heavy atom. The largest absolute Gasteiger partial charge is 0.508 e. The molecule has 0 aliphatic carbocycles. The summed E-state index contributed by atoms with van der Waals surface area (Å²) in [6, 6.07) is 13.7. The third kappa shape index (κ3) is 6.83. The van der Waals surface area contributed by atoms with Gasteiger partial charge < -0.3 is 9.84 Å². The summed E-state index contributed by atoms with van der Waals surface area (Å²) >= 11 is 0. The molecule has 0 aliphatic heterocycles. The number of ether oxygens (including phenoxy) is 1. The minimum atomic E-state index is -0.425. The van der Waals surface area contributed by atoms with E-state index in [9.17, 15) is 19.5 Å². The number of carbonyl (C=O) groups excluding carboxylic acids is 3. The summed E-state index contributed by atoms with van der Waals surface area (Å²) in [7, 11) is 0. The molecule has 0 amide bonds. The number of hydrogen-bond acceptors (Lipinski definition) is 7. The molecule has 8 nitrogen and oxygen atoms in total. The number of hydrogen-bond donors (Lipinski definition) is 1. The number of phenolic OH excluding ortho intramolecular Hbond substituents is 1. The van der Waals surface area contributed by atoms with Crippen LogP contribution in [0.2, 0.25) is 0 Å². The molecule has 3 aromatic rings. The Labute approximate surface area is 190 Å². The van der Waals surface area contributed by atoms with Crippen molar-refractivity contribution in [3.63, 3.8) is 0 Å². The van der Waals surface area contributed by atoms with Crippen LogP contribution in [0.3, 0.4) is 0 Å². The van der Waals surface area contributed by atoms with Crippen molar-refractivity contribution < 1.29 is 24.2 Å². The van der Waals surface area contributed by atoms with Gasteiger partial charge >= 0.3 is 5.97 Å². The number of ketones is 2. The van der Waals surface area contributed by atoms with E-state index in [0.29, 0.717) is 11.3 Å². The van der Waals surface area contributed by atoms with Gasteiger partial charge in [-0.05, 0) is 42.3 Å². The standard InChI is InChI=1S/C25H23N3O5/c1-2-33-25(32)17-28-24(16-26-27-28)23-6-4-3-5-19(23)10-14-22(31)15-21(30)13-9-18-7-11-20(29)12-8-18/h3-14,16,29H,2,15,17H2,1H3. The monoisotopic (exact) mass is 445 g/mol. The van der Waals surface area contributed by atoms with Gasteiger partial charge in [-0.3, -0.25) is 14.4 Å². The Bertz CT molecular complexity index is 1190. The third-order valence-electron chi connectivity index (χ3n) is 4.59. The molecule has 0 saturated carbocycles. The van der Waals surface area contributed by atoms with Gasteiger partial charge in [0.2, 0.25) is 0 Å². The second-order valence-corrected chi connectivity index (χ2v) is 7.04. The summed E-state index contributed by atoms with van der Waals surface area (Å²) in [6.07, 6.45) is 7.17. The summed E-state index contributed by atoms with van der Waals surface area (Å²) in [5, 5.41) is 17.1. The predicted molar refractivity (Wildman–Crippen MR) is 123 cm³/mol. The van der Waals surface area contributed by atoms with Gasteiger partial charge in [0, 0.05) is 5.56 Å². The van der Waals surface area contributed by atoms with E-state index < -0.39 is 5.97 Å². The summed E-state index contributed by atoms with van der Waals surface area (Å²) in [5.41, 5.74) is 2.79. The van der Waals surface area contributed by atoms with Crippen molar-refractivity contribution in [2.75, 3.05) is 6.61 Å². The number of allylic oxidation sites excluding steroid dienone is 2. The van der Waals surface area contributed by atoms with Crippen LogP contribution >= 0.6 is 0 Å². The van der Waals surface area contributed by atoms with Crippen LogP contribution < -0.4 is 0 Å². The zero-order valence-corrected chi connectivity index (χ0v) is 18.0. The molecular weight excluding hydrogens is 422 g/mol. The van der Waals surface area contributed by atoms with Gasteiger partial charge in [-0.25, -0.2) is 4.68 Å². The highest BCUT2D eigenvalue weighted by molar-refractivity contribution is 6.11. The molecular formula is C25H23N3O5. The molecule has 33 heavy (non-hydrogen) atoms. The first-order valence-corrected chi connectivity index (χ1v) is 10.3. The van der Waals surface area contributed by atoms with E-state index in [1.807, 2.05) is 24.3 Å². The molecule has 0 unspecified atom stereocenters. The lowest BCUT2D eigenvalue weighted by atomic mass is 10.0. The molecule has 0 radical (unpaired) electrons. The van der Waals surface area contributed by atoms with Crippen molar-refractivity contribution in [1.82, 2.24) is 15.0 Å². The van der Waals surface area contributed by atoms with E-state index in [0.717, 1.165) is 11.1 Å². The highest BCUT2D eigenvalue weighted by Crippen LogP contribution is 2.24. The Kier molecular flexibility index (Phi) is 8.02. The van der Waals surface area contributed by atoms with Crippen molar-refractivity contribution in [3.8, 4) is 17.0 Å². The molecule has 0 atom stereocenters. The molecule has 8 heteroatoms. The second kappa shape index (κ2) is 11.3. The van der Waals surface area contributed by atoms with E-state index >= 15 is 0 Å². The van der Waals surface area contributed by atoms with Gasteiger partial charge in [0.25, 0.3) is 0 Å². The smallest absolute Gasteiger partial charge is 0.327 e. The Hall–Kier alpha value is -4.33. The van der Waals surface area contributed by atoms with Gasteiger partial charge in [0.15, 0.2) is 11.6 Å². The maximum Gasteiger partial charge on any atom is 0.327 e. The molecule has 1 N–H and O–H groups in total. The van der Waals surface area contributed by atoms with Crippen LogP contribution in [-0.2, 0) is 25.7 Å². The SMILES string of the molecule is CCOC(=O)Cn1nncc1-c1ccccc1C=CC(=O)CC(=O)C=Cc1ccc(O)cc1. The highest BCUT2D eigenvalue weighted by atomic mass is 16.5. The highest BCUT2D eigenvalue weighted by Gasteiger charge is 2.13. The first-order chi connectivity index (χ1) is 16.0. The van der Waals surface area contributed by atoms with Crippen molar-refractivity contribution in [2.24, 2.45) is 0 Å². The third-order valence-corrected chi connectivity index (χ3v) is 4.59. The zero-order chi connectivity index (χ0) is 23.6. The first kappa shape index (κ1) is 23.3. The van der Waals surface area contributed by atoms with Gasteiger partial charge in [-0.2, -0.15) is 0 Å². The van der Waals surface area contributed by atoms with Gasteiger partial charge in [0.1, 0.15) is 12.3 Å². The van der Waals surface area contributed by atoms with E-state index in [1.165, 1.54) is 35.2 Å². The molecule has 0 saturated heterocycles. The lowest BCUT2D eigenvalue weighted by Gasteiger charge is -2.08. The molecule has 1 heterocycles. The van der Waals surface area contributed by atoms with Crippen LogP contribution in [0.1, 0.15) is 24.5 Å². The lowest BCUT2D eigenvalue weighted by molar-refractivity contribution is -0.144. The number of aromatic hydroxyl groups is 1. The van der Waals surface area contributed by atoms with Crippen LogP contribution in [0.15, 0.2) is 66.9 Å². The van der Waals surface area contributed by atoms with Crippen molar-refractivity contribution >= 4 is 29.7 Å². The van der Waals surface area contributed by atoms with E-state index in [4.69, 9.17) is 4.74 Å². The fourth-order valence-corrected chi connectivity index (χ4v) is 3.03. The van der Waals surface area contributed by atoms with Crippen LogP contribution in [0, 0.1) is 0 Å².